The standard InChI is InChI=1S/C11H13F2N3O3/c12-11(13)7(5-6(2-4-17)9(11)18)16-3-1-8(14)15-10(16)19/h1,3-4,6-7,9,18H,2,5H2,(H2,14,15,19)/t6-,7?,9+/m0/s1. The molecule has 1 fully saturated rings. The summed E-state index contributed by atoms with van der Waals surface area (Å²) >= 11 is 0. The number of aliphatic hydroxyl groups is 1. The number of aromatic nitrogens is 2. The van der Waals surface area contributed by atoms with Crippen molar-refractivity contribution in [2.45, 2.75) is 30.9 Å². The summed E-state index contributed by atoms with van der Waals surface area (Å²) in [6.07, 6.45) is -0.689. The third-order valence-corrected chi connectivity index (χ3v) is 3.40. The van der Waals surface area contributed by atoms with E-state index in [0.29, 0.717) is 6.29 Å². The fourth-order valence-electron chi connectivity index (χ4n) is 2.39. The Kier molecular flexibility index (Phi) is 3.36. The van der Waals surface area contributed by atoms with E-state index in [-0.39, 0.29) is 18.7 Å². The number of aliphatic hydroxyl groups excluding tert-OH is 1. The van der Waals surface area contributed by atoms with Crippen LogP contribution in [0.4, 0.5) is 14.6 Å². The van der Waals surface area contributed by atoms with Gasteiger partial charge in [-0.2, -0.15) is 4.98 Å². The monoisotopic (exact) mass is 273 g/mol. The summed E-state index contributed by atoms with van der Waals surface area (Å²) in [5, 5.41) is 9.56. The molecule has 19 heavy (non-hydrogen) atoms. The third-order valence-electron chi connectivity index (χ3n) is 3.40. The lowest BCUT2D eigenvalue weighted by atomic mass is 10.0. The van der Waals surface area contributed by atoms with Gasteiger partial charge in [-0.05, 0) is 18.4 Å². The smallest absolute Gasteiger partial charge is 0.349 e. The first kappa shape index (κ1) is 13.6. The highest BCUT2D eigenvalue weighted by atomic mass is 19.3. The van der Waals surface area contributed by atoms with E-state index in [1.807, 2.05) is 0 Å². The first-order valence-electron chi connectivity index (χ1n) is 5.72. The Labute approximate surface area is 106 Å². The maximum absolute atomic E-state index is 14.0. The number of aldehydes is 1. The highest BCUT2D eigenvalue weighted by molar-refractivity contribution is 5.50. The van der Waals surface area contributed by atoms with E-state index in [0.717, 1.165) is 10.8 Å². The van der Waals surface area contributed by atoms with Crippen LogP contribution >= 0.6 is 0 Å². The lowest BCUT2D eigenvalue weighted by Gasteiger charge is -2.23. The molecular weight excluding hydrogens is 260 g/mol. The average molecular weight is 273 g/mol. The largest absolute Gasteiger partial charge is 0.386 e. The fraction of sp³-hybridized carbons (Fsp3) is 0.545. The molecule has 6 nitrogen and oxygen atoms in total. The molecule has 1 saturated carbocycles. The quantitative estimate of drug-likeness (QED) is 0.754. The molecule has 0 aromatic carbocycles. The van der Waals surface area contributed by atoms with Crippen LogP contribution in [0.25, 0.3) is 0 Å². The van der Waals surface area contributed by atoms with E-state index in [2.05, 4.69) is 4.98 Å². The second-order valence-electron chi connectivity index (χ2n) is 4.58. The number of hydrogen-bond acceptors (Lipinski definition) is 5. The summed E-state index contributed by atoms with van der Waals surface area (Å²) < 4.78 is 28.7. The minimum atomic E-state index is -3.49. The Morgan fingerprint density at radius 2 is 2.32 bits per heavy atom. The van der Waals surface area contributed by atoms with Gasteiger partial charge in [-0.25, -0.2) is 13.6 Å². The van der Waals surface area contributed by atoms with Gasteiger partial charge in [0.2, 0.25) is 0 Å². The Morgan fingerprint density at radius 1 is 1.63 bits per heavy atom. The van der Waals surface area contributed by atoms with E-state index in [9.17, 15) is 23.5 Å². The second-order valence-corrected chi connectivity index (χ2v) is 4.58. The Morgan fingerprint density at radius 3 is 2.89 bits per heavy atom. The molecule has 0 aliphatic heterocycles. The number of rotatable bonds is 3. The summed E-state index contributed by atoms with van der Waals surface area (Å²) in [6.45, 7) is 0. The summed E-state index contributed by atoms with van der Waals surface area (Å²) in [4.78, 5) is 25.4. The number of carbonyl (C=O) groups is 1. The predicted molar refractivity (Wildman–Crippen MR) is 61.7 cm³/mol. The molecule has 0 radical (unpaired) electrons. The molecule has 0 saturated heterocycles. The van der Waals surface area contributed by atoms with Crippen molar-refractivity contribution in [3.05, 3.63) is 22.7 Å². The van der Waals surface area contributed by atoms with Crippen LogP contribution < -0.4 is 11.4 Å². The topological polar surface area (TPSA) is 98.2 Å². The molecule has 0 amide bonds. The maximum Gasteiger partial charge on any atom is 0.349 e. The zero-order valence-corrected chi connectivity index (χ0v) is 9.87. The van der Waals surface area contributed by atoms with Crippen molar-refractivity contribution in [3.63, 3.8) is 0 Å². The van der Waals surface area contributed by atoms with Crippen LogP contribution in [0.15, 0.2) is 17.1 Å². The van der Waals surface area contributed by atoms with Crippen molar-refractivity contribution in [3.8, 4) is 0 Å². The van der Waals surface area contributed by atoms with Gasteiger partial charge in [-0.1, -0.05) is 0 Å². The molecule has 1 aliphatic carbocycles. The van der Waals surface area contributed by atoms with Crippen LogP contribution in [0.3, 0.4) is 0 Å². The lowest BCUT2D eigenvalue weighted by Crippen LogP contribution is -2.40. The molecule has 1 heterocycles. The van der Waals surface area contributed by atoms with Crippen molar-refractivity contribution >= 4 is 12.1 Å². The van der Waals surface area contributed by atoms with Gasteiger partial charge in [0, 0.05) is 12.6 Å². The zero-order valence-electron chi connectivity index (χ0n) is 9.87. The highest BCUT2D eigenvalue weighted by Gasteiger charge is 2.57. The molecule has 1 aliphatic rings. The molecule has 104 valence electrons. The second kappa shape index (κ2) is 4.69. The molecule has 0 spiro atoms. The van der Waals surface area contributed by atoms with Gasteiger partial charge in [-0.3, -0.25) is 4.57 Å². The van der Waals surface area contributed by atoms with Crippen molar-refractivity contribution < 1.29 is 18.7 Å². The van der Waals surface area contributed by atoms with Crippen molar-refractivity contribution in [2.75, 3.05) is 5.73 Å². The number of nitrogens with zero attached hydrogens (tertiary/aromatic N) is 2. The number of hydrogen-bond donors (Lipinski definition) is 2. The normalized spacial score (nSPS) is 29.3. The number of nitrogen functional groups attached to an aromatic ring is 1. The molecule has 1 aromatic rings. The number of anilines is 1. The number of carbonyl (C=O) groups excluding carboxylic acids is 1. The van der Waals surface area contributed by atoms with Crippen LogP contribution in [0.1, 0.15) is 18.9 Å². The molecule has 1 aromatic heterocycles. The van der Waals surface area contributed by atoms with Gasteiger partial charge in [0.1, 0.15) is 24.2 Å². The van der Waals surface area contributed by atoms with Gasteiger partial charge in [-0.15, -0.1) is 0 Å². The van der Waals surface area contributed by atoms with Crippen molar-refractivity contribution in [1.29, 1.82) is 0 Å². The van der Waals surface area contributed by atoms with Gasteiger partial charge < -0.3 is 15.6 Å². The molecule has 1 unspecified atom stereocenters. The third kappa shape index (κ3) is 2.23. The molecule has 3 N–H and O–H groups in total. The fourth-order valence-corrected chi connectivity index (χ4v) is 2.39. The number of alkyl halides is 2. The molecule has 8 heteroatoms. The summed E-state index contributed by atoms with van der Waals surface area (Å²) in [5.41, 5.74) is 4.39. The lowest BCUT2D eigenvalue weighted by molar-refractivity contribution is -0.124. The van der Waals surface area contributed by atoms with Crippen LogP contribution in [0.2, 0.25) is 0 Å². The predicted octanol–water partition coefficient (Wildman–Crippen LogP) is -0.0283. The number of nitrogens with two attached hydrogens (primary N) is 1. The van der Waals surface area contributed by atoms with Crippen molar-refractivity contribution in [1.82, 2.24) is 9.55 Å². The van der Waals surface area contributed by atoms with E-state index >= 15 is 0 Å². The Hall–Kier alpha value is -1.83. The van der Waals surface area contributed by atoms with Crippen LogP contribution in [-0.4, -0.2) is 33.0 Å². The minimum absolute atomic E-state index is 0.0625. The van der Waals surface area contributed by atoms with E-state index < -0.39 is 29.7 Å². The van der Waals surface area contributed by atoms with Gasteiger partial charge in [0.15, 0.2) is 0 Å². The van der Waals surface area contributed by atoms with Crippen LogP contribution in [0, 0.1) is 5.92 Å². The summed E-state index contributed by atoms with van der Waals surface area (Å²) in [7, 11) is 0. The highest BCUT2D eigenvalue weighted by Crippen LogP contribution is 2.47. The first-order valence-corrected chi connectivity index (χ1v) is 5.72. The van der Waals surface area contributed by atoms with Crippen LogP contribution in [0.5, 0.6) is 0 Å². The van der Waals surface area contributed by atoms with Crippen molar-refractivity contribution in [2.24, 2.45) is 5.92 Å². The molecule has 2 rings (SSSR count). The molecule has 0 bridgehead atoms. The van der Waals surface area contributed by atoms with Gasteiger partial charge >= 0.3 is 5.69 Å². The van der Waals surface area contributed by atoms with E-state index in [4.69, 9.17) is 5.73 Å². The molecule has 3 atom stereocenters. The van der Waals surface area contributed by atoms with E-state index in [1.165, 1.54) is 6.07 Å². The first-order chi connectivity index (χ1) is 8.87. The average Bonchev–Trinajstić information content (AvgIpc) is 2.54. The molecular formula is C11H13F2N3O3. The maximum atomic E-state index is 14.0. The van der Waals surface area contributed by atoms with Gasteiger partial charge in [0.25, 0.3) is 5.92 Å². The number of halogens is 2. The van der Waals surface area contributed by atoms with Crippen LogP contribution in [-0.2, 0) is 4.79 Å². The van der Waals surface area contributed by atoms with Gasteiger partial charge in [0.05, 0.1) is 0 Å². The van der Waals surface area contributed by atoms with E-state index in [1.54, 1.807) is 0 Å². The minimum Gasteiger partial charge on any atom is -0.386 e. The Bertz CT molecular complexity index is 546. The zero-order chi connectivity index (χ0) is 14.2. The Balaban J connectivity index is 2.39. The summed E-state index contributed by atoms with van der Waals surface area (Å²) in [6, 6.07) is -0.287. The summed E-state index contributed by atoms with van der Waals surface area (Å²) in [5.74, 6) is -4.43. The SMILES string of the molecule is Nc1ccn(C2C[C@H](CC=O)[C@@H](O)C2(F)F)c(=O)n1.